The molecule has 8 heteroatoms. The van der Waals surface area contributed by atoms with Crippen LogP contribution in [0.2, 0.25) is 5.02 Å². The van der Waals surface area contributed by atoms with Crippen molar-refractivity contribution in [3.63, 3.8) is 0 Å². The molecule has 0 spiro atoms. The molecule has 0 aliphatic carbocycles. The molecule has 2 aliphatic heterocycles. The largest absolute Gasteiger partial charge is 0.369 e. The number of rotatable bonds is 5. The Labute approximate surface area is 158 Å². The number of hydrogen-bond acceptors (Lipinski definition) is 5. The summed E-state index contributed by atoms with van der Waals surface area (Å²) in [6.45, 7) is 7.15. The molecule has 2 fully saturated rings. The Morgan fingerprint density at radius 2 is 1.65 bits per heavy atom. The van der Waals surface area contributed by atoms with Crippen LogP contribution in [0, 0.1) is 5.92 Å². The molecule has 7 nitrogen and oxygen atoms in total. The lowest BCUT2D eigenvalue weighted by atomic mass is 10.2. The van der Waals surface area contributed by atoms with Gasteiger partial charge in [-0.25, -0.2) is 9.69 Å². The van der Waals surface area contributed by atoms with E-state index < -0.39 is 17.8 Å². The summed E-state index contributed by atoms with van der Waals surface area (Å²) in [6, 6.07) is 7.18. The highest BCUT2D eigenvalue weighted by Crippen LogP contribution is 2.21. The minimum atomic E-state index is -0.729. The monoisotopic (exact) mass is 378 g/mol. The molecular weight excluding hydrogens is 356 g/mol. The van der Waals surface area contributed by atoms with Gasteiger partial charge < -0.3 is 4.90 Å². The maximum Gasteiger partial charge on any atom is 0.335 e. The highest BCUT2D eigenvalue weighted by molar-refractivity contribution is 6.44. The molecule has 0 saturated carbocycles. The van der Waals surface area contributed by atoms with Gasteiger partial charge in [-0.2, -0.15) is 0 Å². The van der Waals surface area contributed by atoms with Crippen LogP contribution in [-0.2, 0) is 9.59 Å². The molecule has 1 aromatic rings. The van der Waals surface area contributed by atoms with E-state index in [1.165, 1.54) is 0 Å². The Balaban J connectivity index is 1.58. The van der Waals surface area contributed by atoms with Gasteiger partial charge in [0.25, 0.3) is 0 Å². The van der Waals surface area contributed by atoms with Crippen molar-refractivity contribution < 1.29 is 14.4 Å². The minimum Gasteiger partial charge on any atom is -0.369 e. The second-order valence-electron chi connectivity index (χ2n) is 7.05. The zero-order chi connectivity index (χ0) is 18.8. The third kappa shape index (κ3) is 3.83. The standard InChI is InChI=1S/C18H23ClN4O3/c1-13(2)11-22-16(24)17(25)23(18(22)26)12-20-6-8-21(9-7-20)15-5-3-4-14(19)10-15/h3-5,10,13H,6-9,11-12H2,1-2H3. The van der Waals surface area contributed by atoms with Crippen LogP contribution in [0.5, 0.6) is 0 Å². The predicted octanol–water partition coefficient (Wildman–Crippen LogP) is 1.87. The average Bonchev–Trinajstić information content (AvgIpc) is 2.80. The van der Waals surface area contributed by atoms with Crippen LogP contribution in [-0.4, -0.2) is 71.9 Å². The smallest absolute Gasteiger partial charge is 0.335 e. The number of carbonyl (C=O) groups excluding carboxylic acids is 3. The molecule has 0 radical (unpaired) electrons. The maximum atomic E-state index is 12.4. The van der Waals surface area contributed by atoms with Crippen LogP contribution in [0.1, 0.15) is 13.8 Å². The van der Waals surface area contributed by atoms with Crippen molar-refractivity contribution >= 4 is 35.1 Å². The van der Waals surface area contributed by atoms with Crippen molar-refractivity contribution in [2.75, 3.05) is 44.3 Å². The fraction of sp³-hybridized carbons (Fsp3) is 0.500. The summed E-state index contributed by atoms with van der Waals surface area (Å²) in [5, 5.41) is 0.696. The number of halogens is 1. The van der Waals surface area contributed by atoms with E-state index >= 15 is 0 Å². The van der Waals surface area contributed by atoms with Crippen LogP contribution in [0.4, 0.5) is 10.5 Å². The van der Waals surface area contributed by atoms with Crippen molar-refractivity contribution in [3.8, 4) is 0 Å². The zero-order valence-electron chi connectivity index (χ0n) is 15.0. The summed E-state index contributed by atoms with van der Waals surface area (Å²) in [5.74, 6) is -1.33. The Kier molecular flexibility index (Phi) is 5.48. The topological polar surface area (TPSA) is 64.2 Å². The maximum absolute atomic E-state index is 12.4. The number of hydrogen-bond donors (Lipinski definition) is 0. The Morgan fingerprint density at radius 1 is 1.00 bits per heavy atom. The number of nitrogens with zero attached hydrogens (tertiary/aromatic N) is 4. The number of benzene rings is 1. The Morgan fingerprint density at radius 3 is 2.27 bits per heavy atom. The van der Waals surface area contributed by atoms with Crippen molar-refractivity contribution in [1.29, 1.82) is 0 Å². The molecule has 140 valence electrons. The van der Waals surface area contributed by atoms with Crippen molar-refractivity contribution in [2.24, 2.45) is 5.92 Å². The van der Waals surface area contributed by atoms with Gasteiger partial charge in [-0.3, -0.25) is 19.4 Å². The van der Waals surface area contributed by atoms with Gasteiger partial charge in [0, 0.05) is 43.4 Å². The lowest BCUT2D eigenvalue weighted by Gasteiger charge is -2.37. The molecule has 3 rings (SSSR count). The van der Waals surface area contributed by atoms with Gasteiger partial charge in [0.05, 0.1) is 6.67 Å². The Bertz CT molecular complexity index is 716. The van der Waals surface area contributed by atoms with E-state index in [0.29, 0.717) is 18.1 Å². The molecular formula is C18H23ClN4O3. The minimum absolute atomic E-state index is 0.122. The second kappa shape index (κ2) is 7.63. The third-order valence-electron chi connectivity index (χ3n) is 4.57. The quantitative estimate of drug-likeness (QED) is 0.578. The predicted molar refractivity (Wildman–Crippen MR) is 98.9 cm³/mol. The summed E-state index contributed by atoms with van der Waals surface area (Å²) in [4.78, 5) is 43.0. The van der Waals surface area contributed by atoms with Crippen molar-refractivity contribution in [1.82, 2.24) is 14.7 Å². The summed E-state index contributed by atoms with van der Waals surface area (Å²) in [5.41, 5.74) is 1.06. The first-order valence-electron chi connectivity index (χ1n) is 8.77. The first-order chi connectivity index (χ1) is 12.4. The number of amides is 4. The van der Waals surface area contributed by atoms with Gasteiger partial charge in [-0.15, -0.1) is 0 Å². The van der Waals surface area contributed by atoms with E-state index in [4.69, 9.17) is 11.6 Å². The van der Waals surface area contributed by atoms with Crippen LogP contribution >= 0.6 is 11.6 Å². The van der Waals surface area contributed by atoms with Gasteiger partial charge in [0.1, 0.15) is 0 Å². The number of imide groups is 2. The van der Waals surface area contributed by atoms with Gasteiger partial charge in [-0.05, 0) is 24.1 Å². The molecule has 4 amide bonds. The van der Waals surface area contributed by atoms with Crippen LogP contribution in [0.25, 0.3) is 0 Å². The summed E-state index contributed by atoms with van der Waals surface area (Å²) in [7, 11) is 0. The summed E-state index contributed by atoms with van der Waals surface area (Å²) >= 11 is 6.05. The molecule has 0 bridgehead atoms. The van der Waals surface area contributed by atoms with E-state index in [0.717, 1.165) is 28.6 Å². The van der Waals surface area contributed by atoms with E-state index in [1.54, 1.807) is 0 Å². The number of urea groups is 1. The lowest BCUT2D eigenvalue weighted by Crippen LogP contribution is -2.51. The molecule has 0 aromatic heterocycles. The van der Waals surface area contributed by atoms with Gasteiger partial charge in [-0.1, -0.05) is 31.5 Å². The van der Waals surface area contributed by atoms with Gasteiger partial charge in [0.2, 0.25) is 0 Å². The Hall–Kier alpha value is -2.12. The van der Waals surface area contributed by atoms with Crippen LogP contribution < -0.4 is 4.90 Å². The fourth-order valence-corrected chi connectivity index (χ4v) is 3.41. The molecule has 2 aliphatic rings. The summed E-state index contributed by atoms with van der Waals surface area (Å²) < 4.78 is 0. The van der Waals surface area contributed by atoms with Crippen LogP contribution in [0.3, 0.4) is 0 Å². The van der Waals surface area contributed by atoms with E-state index in [2.05, 4.69) is 4.90 Å². The molecule has 0 N–H and O–H groups in total. The normalized spacial score (nSPS) is 19.2. The number of carbonyl (C=O) groups is 3. The first-order valence-corrected chi connectivity index (χ1v) is 9.15. The molecule has 26 heavy (non-hydrogen) atoms. The van der Waals surface area contributed by atoms with E-state index in [-0.39, 0.29) is 19.1 Å². The fourth-order valence-electron chi connectivity index (χ4n) is 3.22. The highest BCUT2D eigenvalue weighted by atomic mass is 35.5. The van der Waals surface area contributed by atoms with Crippen LogP contribution in [0.15, 0.2) is 24.3 Å². The van der Waals surface area contributed by atoms with Crippen molar-refractivity contribution in [3.05, 3.63) is 29.3 Å². The second-order valence-corrected chi connectivity index (χ2v) is 7.49. The van der Waals surface area contributed by atoms with Gasteiger partial charge >= 0.3 is 17.8 Å². The third-order valence-corrected chi connectivity index (χ3v) is 4.80. The average molecular weight is 379 g/mol. The molecule has 2 saturated heterocycles. The molecule has 0 unspecified atom stereocenters. The van der Waals surface area contributed by atoms with E-state index in [9.17, 15) is 14.4 Å². The zero-order valence-corrected chi connectivity index (χ0v) is 15.8. The SMILES string of the molecule is CC(C)CN1C(=O)C(=O)N(CN2CCN(c3cccc(Cl)c3)CC2)C1=O. The number of anilines is 1. The highest BCUT2D eigenvalue weighted by Gasteiger charge is 2.45. The number of piperazine rings is 1. The molecule has 0 atom stereocenters. The first kappa shape index (κ1) is 18.7. The summed E-state index contributed by atoms with van der Waals surface area (Å²) in [6.07, 6.45) is 0. The molecule has 1 aromatic carbocycles. The van der Waals surface area contributed by atoms with Crippen molar-refractivity contribution in [2.45, 2.75) is 13.8 Å². The van der Waals surface area contributed by atoms with Gasteiger partial charge in [0.15, 0.2) is 0 Å². The molecule has 2 heterocycles. The van der Waals surface area contributed by atoms with E-state index in [1.807, 2.05) is 43.0 Å². The lowest BCUT2D eigenvalue weighted by molar-refractivity contribution is -0.144.